The first-order valence-electron chi connectivity index (χ1n) is 23.7. The van der Waals surface area contributed by atoms with Gasteiger partial charge in [0.05, 0.1) is 28.6 Å². The number of aliphatic carboxylic acids is 2. The van der Waals surface area contributed by atoms with Gasteiger partial charge in [0, 0.05) is 19.5 Å². The molecule has 0 unspecified atom stereocenters. The number of aryl methyl sites for hydroxylation is 4. The summed E-state index contributed by atoms with van der Waals surface area (Å²) in [5.74, 6) is -1.73. The zero-order valence-corrected chi connectivity index (χ0v) is 48.0. The molecule has 0 fully saturated rings. The first-order chi connectivity index (χ1) is 35.7. The van der Waals surface area contributed by atoms with Crippen LogP contribution in [-0.2, 0) is 58.3 Å². The van der Waals surface area contributed by atoms with Gasteiger partial charge in [0.1, 0.15) is 12.2 Å². The number of fused-ring (bicyclic) bond motifs is 8. The molecule has 0 radical (unpaired) electrons. The Bertz CT molecular complexity index is 3610. The molecule has 5 heterocycles. The van der Waals surface area contributed by atoms with E-state index in [-0.39, 0.29) is 51.3 Å². The molecule has 8 bridgehead atoms. The summed E-state index contributed by atoms with van der Waals surface area (Å²) >= 11 is 0. The molecule has 0 saturated heterocycles. The second-order valence-electron chi connectivity index (χ2n) is 17.0. The van der Waals surface area contributed by atoms with Gasteiger partial charge in [-0.05, 0) is 129 Å². The van der Waals surface area contributed by atoms with Crippen LogP contribution in [0.2, 0.25) is 0 Å². The first kappa shape index (κ1) is 53.0. The maximum Gasteiger partial charge on any atom is 2.00 e. The van der Waals surface area contributed by atoms with Gasteiger partial charge in [-0.3, -0.25) is 5.26 Å². The Morgan fingerprint density at radius 3 is 1.38 bits per heavy atom. The van der Waals surface area contributed by atoms with Crippen LogP contribution in [0.1, 0.15) is 50.6 Å². The molecular formula is C59H50N4O8PZn2+. The Labute approximate surface area is 458 Å². The van der Waals surface area contributed by atoms with Crippen molar-refractivity contribution in [1.29, 1.82) is 2.56 Å². The Morgan fingerprint density at radius 1 is 0.581 bits per heavy atom. The molecule has 12 nitrogen and oxygen atoms in total. The third-order valence-electron chi connectivity index (χ3n) is 11.8. The second kappa shape index (κ2) is 25.6. The van der Waals surface area contributed by atoms with Gasteiger partial charge in [-0.1, -0.05) is 150 Å². The number of nitrogens with zero attached hydrogens (tertiary/aromatic N) is 4. The summed E-state index contributed by atoms with van der Waals surface area (Å²) < 4.78 is 13.7. The van der Waals surface area contributed by atoms with Crippen molar-refractivity contribution in [1.82, 2.24) is 19.9 Å². The molecule has 74 heavy (non-hydrogen) atoms. The topological polar surface area (TPSA) is 187 Å². The van der Waals surface area contributed by atoms with E-state index in [4.69, 9.17) is 33.0 Å². The fourth-order valence-corrected chi connectivity index (χ4v) is 8.28. The van der Waals surface area contributed by atoms with Gasteiger partial charge in [-0.15, -0.1) is 22.1 Å². The molecule has 7 aromatic rings. The summed E-state index contributed by atoms with van der Waals surface area (Å²) in [7, 11) is -1.92. The van der Waals surface area contributed by atoms with Crippen molar-refractivity contribution in [2.45, 2.75) is 27.7 Å². The number of rotatable bonds is 13. The predicted octanol–water partition coefficient (Wildman–Crippen LogP) is 12.9. The van der Waals surface area contributed by atoms with Crippen molar-refractivity contribution < 1.29 is 79.0 Å². The minimum absolute atomic E-state index is 0. The first-order valence-corrected chi connectivity index (χ1v) is 23.3. The monoisotopic (exact) mass is 1110 g/mol. The molecule has 0 spiro atoms. The Balaban J connectivity index is 0.000000598. The largest absolute Gasteiger partial charge is 2.00 e. The van der Waals surface area contributed by atoms with Crippen molar-refractivity contribution in [3.05, 3.63) is 207 Å². The van der Waals surface area contributed by atoms with E-state index >= 15 is 0 Å². The average molecular weight is 1110 g/mol. The number of aromatic nitrogens is 4. The van der Waals surface area contributed by atoms with E-state index in [0.717, 1.165) is 95.3 Å². The number of benzene rings is 4. The van der Waals surface area contributed by atoms with E-state index in [1.807, 2.05) is 74.5 Å². The summed E-state index contributed by atoms with van der Waals surface area (Å²) in [6.07, 6.45) is 15.0. The molecule has 4 N–H and O–H groups in total. The fourth-order valence-electron chi connectivity index (χ4n) is 8.18. The van der Waals surface area contributed by atoms with Crippen molar-refractivity contribution in [3.8, 4) is 44.5 Å². The third kappa shape index (κ3) is 12.9. The normalized spacial score (nSPS) is 12.1. The quantitative estimate of drug-likeness (QED) is 0.00986. The maximum atomic E-state index is 11.9. The summed E-state index contributed by atoms with van der Waals surface area (Å²) in [5, 5.41) is 35.4. The number of carbonyl (C=O) groups is 2. The predicted molar refractivity (Wildman–Crippen MR) is 290 cm³/mol. The van der Waals surface area contributed by atoms with Crippen LogP contribution in [0, 0.1) is 27.7 Å². The molecule has 0 atom stereocenters. The maximum absolute atomic E-state index is 11.9. The van der Waals surface area contributed by atoms with Crippen molar-refractivity contribution in [3.63, 3.8) is 0 Å². The van der Waals surface area contributed by atoms with Crippen molar-refractivity contribution >= 4 is 73.5 Å². The Morgan fingerprint density at radius 2 is 0.986 bits per heavy atom. The molecule has 0 amide bonds. The Hall–Kier alpha value is -7.26. The van der Waals surface area contributed by atoms with Gasteiger partial charge >= 0.3 is 31.4 Å². The van der Waals surface area contributed by atoms with E-state index in [1.54, 1.807) is 6.08 Å². The van der Waals surface area contributed by atoms with Crippen LogP contribution in [-0.4, -0.2) is 51.8 Å². The second-order valence-corrected chi connectivity index (χ2v) is 17.3. The fraction of sp³-hybridized carbons (Fsp3) is 0.0847. The molecular weight excluding hydrogens is 1050 g/mol. The van der Waals surface area contributed by atoms with E-state index in [2.05, 4.69) is 102 Å². The molecule has 4 aromatic carbocycles. The summed E-state index contributed by atoms with van der Waals surface area (Å²) in [6.45, 7) is 7.92. The zero-order valence-electron chi connectivity index (χ0n) is 43.1. The molecule has 9 rings (SSSR count). The standard InChI is InChI=1S/C54H42N4O4.C5H9O4P.2Zn/c1-31-8-16-35(17-9-31)48-41-24-25-42(55-41)49(36-18-10-32(2)11-19-36)44-28-29-46(57-44)51(38-22-14-34(4)15-23-38)52-39(6-5-7-40(53(59)60)54(61)62)30-47(58-52)50(45-27-26-43(48)56-45)37-20-12-33(3)13-21-37;6-8-4-5(9-7)2-1-3-10;;/h5-30H,1-4H3,(H4,55,56,57,58,59,60,61,62);1-3,6-7H,4,10H2;;/q;;;+2/p-1/b6-5+,48-41?,48-43?,49-42?,49-44?,50-45?,50-47?,51-46?,52-51?;;;/i;10T2;;. The van der Waals surface area contributed by atoms with Crippen LogP contribution < -0.4 is 9.97 Å². The van der Waals surface area contributed by atoms with Gasteiger partial charge < -0.3 is 25.1 Å². The molecule has 2 aliphatic rings. The van der Waals surface area contributed by atoms with E-state index in [0.29, 0.717) is 28.0 Å². The number of carboxylic acids is 2. The number of hydrogen-bond acceptors (Lipinski definition) is 8. The molecule has 362 valence electrons. The zero-order chi connectivity index (χ0) is 52.5. The molecule has 0 aliphatic carbocycles. The van der Waals surface area contributed by atoms with Crippen LogP contribution in [0.3, 0.4) is 0 Å². The molecule has 3 aromatic heterocycles. The third-order valence-corrected chi connectivity index (χ3v) is 12.0. The van der Waals surface area contributed by atoms with Gasteiger partial charge in [0.2, 0.25) is 0 Å². The van der Waals surface area contributed by atoms with Crippen LogP contribution in [0.4, 0.5) is 0 Å². The number of allylic oxidation sites excluding steroid dienone is 4. The van der Waals surface area contributed by atoms with Gasteiger partial charge in [-0.25, -0.2) is 29.7 Å². The minimum Gasteiger partial charge on any atom is -0.657 e. The summed E-state index contributed by atoms with van der Waals surface area (Å²) in [4.78, 5) is 52.7. The SMILES string of the molecule is Cc1ccc(-c2c3nc(c(-c4ccc(C)cc4)c4cc(/C=C/C=C(C(=O)O)C(=O)O)c([n-]4)c(-c4ccc(C)cc4)c4nc(c(-c5ccc(C)cc5)c5ccc2[n-]5)C=C4)C=C3)cc1.[3H][PH+]([3H])C=CC=C(COO)OO.[Zn+2].[Zn]. The summed E-state index contributed by atoms with van der Waals surface area (Å²) in [6, 6.07) is 39.2. The van der Waals surface area contributed by atoms with Gasteiger partial charge in [0.15, 0.2) is 5.76 Å². The Kier molecular flexibility index (Phi) is 18.3. The van der Waals surface area contributed by atoms with E-state index < -0.39 is 26.6 Å². The van der Waals surface area contributed by atoms with Crippen LogP contribution in [0.15, 0.2) is 157 Å². The van der Waals surface area contributed by atoms with Gasteiger partial charge in [-0.2, -0.15) is 0 Å². The van der Waals surface area contributed by atoms with E-state index in [1.165, 1.54) is 24.0 Å². The molecule has 0 saturated carbocycles. The average Bonchev–Trinajstić information content (AvgIpc) is 4.23. The van der Waals surface area contributed by atoms with Gasteiger partial charge in [0.25, 0.3) is 2.56 Å². The summed E-state index contributed by atoms with van der Waals surface area (Å²) in [5.41, 5.74) is 16.8. The smallest absolute Gasteiger partial charge is 0.657 e. The number of carboxylic acid groups (broad SMARTS) is 2. The van der Waals surface area contributed by atoms with Crippen LogP contribution in [0.5, 0.6) is 0 Å². The number of hydrogen-bond donors (Lipinski definition) is 4. The van der Waals surface area contributed by atoms with Crippen molar-refractivity contribution in [2.75, 3.05) is 6.61 Å². The van der Waals surface area contributed by atoms with Crippen LogP contribution in [0.25, 0.3) is 97.0 Å². The van der Waals surface area contributed by atoms with Crippen LogP contribution >= 0.6 is 9.13 Å². The molecule has 15 heteroatoms. The van der Waals surface area contributed by atoms with E-state index in [9.17, 15) is 19.8 Å². The minimum atomic E-state index is -1.92. The van der Waals surface area contributed by atoms with Crippen molar-refractivity contribution in [2.24, 2.45) is 0 Å². The molecule has 2 aliphatic heterocycles.